The maximum Gasteiger partial charge on any atom is 0.416 e. The number of alkyl halides is 3. The summed E-state index contributed by atoms with van der Waals surface area (Å²) in [6.45, 7) is 0. The largest absolute Gasteiger partial charge is 0.465 e. The second kappa shape index (κ2) is 6.61. The van der Waals surface area contributed by atoms with Crippen molar-refractivity contribution < 1.29 is 27.5 Å². The summed E-state index contributed by atoms with van der Waals surface area (Å²) < 4.78 is 42.1. The lowest BCUT2D eigenvalue weighted by atomic mass is 10.1. The van der Waals surface area contributed by atoms with E-state index in [1.165, 1.54) is 25.3 Å². The number of methoxy groups -OCH3 is 1. The van der Waals surface area contributed by atoms with Gasteiger partial charge in [0, 0.05) is 5.56 Å². The number of benzene rings is 2. The Balaban J connectivity index is 2.23. The molecule has 0 spiro atoms. The zero-order valence-electron chi connectivity index (χ0n) is 12.5. The molecule has 0 aliphatic heterocycles. The van der Waals surface area contributed by atoms with Crippen molar-refractivity contribution in [2.75, 3.05) is 18.2 Å². The highest BCUT2D eigenvalue weighted by molar-refractivity contribution is 6.08. The summed E-state index contributed by atoms with van der Waals surface area (Å²) in [5, 5.41) is 2.45. The monoisotopic (exact) mass is 338 g/mol. The van der Waals surface area contributed by atoms with Gasteiger partial charge >= 0.3 is 12.1 Å². The number of halogens is 3. The number of nitrogens with one attached hydrogen (secondary N) is 1. The van der Waals surface area contributed by atoms with Crippen LogP contribution in [-0.2, 0) is 10.9 Å². The Hall–Kier alpha value is -3.03. The average molecular weight is 338 g/mol. The molecule has 0 aliphatic rings. The number of rotatable bonds is 3. The summed E-state index contributed by atoms with van der Waals surface area (Å²) in [7, 11) is 1.19. The van der Waals surface area contributed by atoms with Crippen LogP contribution in [0.4, 0.5) is 24.5 Å². The summed E-state index contributed by atoms with van der Waals surface area (Å²) in [4.78, 5) is 23.7. The molecule has 0 unspecified atom stereocenters. The van der Waals surface area contributed by atoms with Crippen molar-refractivity contribution in [1.29, 1.82) is 0 Å². The molecular weight excluding hydrogens is 325 g/mol. The number of ether oxygens (including phenoxy) is 1. The summed E-state index contributed by atoms with van der Waals surface area (Å²) in [6, 6.07) is 8.10. The molecule has 0 atom stereocenters. The van der Waals surface area contributed by atoms with Crippen LogP contribution in [0, 0.1) is 0 Å². The van der Waals surface area contributed by atoms with E-state index in [1.54, 1.807) is 0 Å². The second-order valence-corrected chi connectivity index (χ2v) is 4.79. The molecule has 0 aromatic heterocycles. The number of para-hydroxylation sites is 1. The molecule has 0 saturated carbocycles. The van der Waals surface area contributed by atoms with E-state index in [0.29, 0.717) is 0 Å². The maximum absolute atomic E-state index is 12.5. The van der Waals surface area contributed by atoms with Crippen LogP contribution in [0.15, 0.2) is 42.5 Å². The van der Waals surface area contributed by atoms with Crippen LogP contribution in [0.1, 0.15) is 26.3 Å². The lowest BCUT2D eigenvalue weighted by Crippen LogP contribution is -2.15. The van der Waals surface area contributed by atoms with Crippen molar-refractivity contribution in [3.05, 3.63) is 59.2 Å². The predicted octanol–water partition coefficient (Wildman–Crippen LogP) is 3.33. The lowest BCUT2D eigenvalue weighted by Gasteiger charge is -2.12. The molecule has 2 rings (SSSR count). The number of carbonyl (C=O) groups excluding carboxylic acids is 2. The number of nitrogen functional groups attached to an aromatic ring is 1. The van der Waals surface area contributed by atoms with Gasteiger partial charge in [0.05, 0.1) is 29.6 Å². The van der Waals surface area contributed by atoms with Gasteiger partial charge in [-0.3, -0.25) is 4.79 Å². The lowest BCUT2D eigenvalue weighted by molar-refractivity contribution is -0.137. The number of anilines is 2. The standard InChI is InChI=1S/C16H13F3N2O3/c1-24-15(23)11-3-2-4-12(13(11)20)21-14(22)9-5-7-10(8-6-9)16(17,18)19/h2-8H,20H2,1H3,(H,21,22). The van der Waals surface area contributed by atoms with Crippen LogP contribution in [-0.4, -0.2) is 19.0 Å². The first kappa shape index (κ1) is 17.3. The number of nitrogens with two attached hydrogens (primary N) is 1. The third kappa shape index (κ3) is 3.65. The Morgan fingerprint density at radius 2 is 1.71 bits per heavy atom. The Bertz CT molecular complexity index is 771. The quantitative estimate of drug-likeness (QED) is 0.664. The molecular formula is C16H13F3N2O3. The van der Waals surface area contributed by atoms with Gasteiger partial charge in [-0.25, -0.2) is 4.79 Å². The van der Waals surface area contributed by atoms with E-state index in [2.05, 4.69) is 10.1 Å². The van der Waals surface area contributed by atoms with E-state index in [4.69, 9.17) is 5.73 Å². The number of esters is 1. The molecule has 2 aromatic carbocycles. The fourth-order valence-corrected chi connectivity index (χ4v) is 1.97. The van der Waals surface area contributed by atoms with Gasteiger partial charge in [0.1, 0.15) is 0 Å². The average Bonchev–Trinajstić information content (AvgIpc) is 2.55. The molecule has 5 nitrogen and oxygen atoms in total. The molecule has 0 saturated heterocycles. The number of carbonyl (C=O) groups is 2. The van der Waals surface area contributed by atoms with Crippen molar-refractivity contribution in [3.8, 4) is 0 Å². The Morgan fingerprint density at radius 3 is 2.25 bits per heavy atom. The molecule has 0 heterocycles. The van der Waals surface area contributed by atoms with Gasteiger partial charge in [-0.2, -0.15) is 13.2 Å². The van der Waals surface area contributed by atoms with E-state index in [-0.39, 0.29) is 22.5 Å². The molecule has 0 bridgehead atoms. The van der Waals surface area contributed by atoms with Crippen molar-refractivity contribution in [2.24, 2.45) is 0 Å². The first-order valence-corrected chi connectivity index (χ1v) is 6.69. The smallest absolute Gasteiger partial charge is 0.416 e. The molecule has 3 N–H and O–H groups in total. The van der Waals surface area contributed by atoms with Crippen LogP contribution in [0.3, 0.4) is 0 Å². The van der Waals surface area contributed by atoms with Crippen LogP contribution in [0.25, 0.3) is 0 Å². The van der Waals surface area contributed by atoms with Gasteiger partial charge in [0.25, 0.3) is 5.91 Å². The van der Waals surface area contributed by atoms with Crippen LogP contribution in [0.2, 0.25) is 0 Å². The summed E-state index contributed by atoms with van der Waals surface area (Å²) in [5.74, 6) is -1.32. The Morgan fingerprint density at radius 1 is 1.08 bits per heavy atom. The van der Waals surface area contributed by atoms with E-state index in [0.717, 1.165) is 24.3 Å². The number of hydrogen-bond acceptors (Lipinski definition) is 4. The maximum atomic E-state index is 12.5. The zero-order chi connectivity index (χ0) is 17.9. The summed E-state index contributed by atoms with van der Waals surface area (Å²) >= 11 is 0. The van der Waals surface area contributed by atoms with E-state index in [9.17, 15) is 22.8 Å². The van der Waals surface area contributed by atoms with Crippen LogP contribution in [0.5, 0.6) is 0 Å². The Labute approximate surface area is 135 Å². The molecule has 0 aliphatic carbocycles. The van der Waals surface area contributed by atoms with Gasteiger partial charge in [-0.1, -0.05) is 6.07 Å². The summed E-state index contributed by atoms with van der Waals surface area (Å²) in [5.41, 5.74) is 5.20. The van der Waals surface area contributed by atoms with Crippen LogP contribution >= 0.6 is 0 Å². The topological polar surface area (TPSA) is 81.4 Å². The molecule has 1 amide bonds. The van der Waals surface area contributed by atoms with Gasteiger partial charge in [0.15, 0.2) is 0 Å². The van der Waals surface area contributed by atoms with Gasteiger partial charge < -0.3 is 15.8 Å². The van der Waals surface area contributed by atoms with Crippen molar-refractivity contribution in [3.63, 3.8) is 0 Å². The third-order valence-corrected chi connectivity index (χ3v) is 3.23. The fraction of sp³-hybridized carbons (Fsp3) is 0.125. The van der Waals surface area contributed by atoms with Gasteiger partial charge in [-0.15, -0.1) is 0 Å². The van der Waals surface area contributed by atoms with Crippen molar-refractivity contribution in [2.45, 2.75) is 6.18 Å². The first-order chi connectivity index (χ1) is 11.2. The van der Waals surface area contributed by atoms with Crippen molar-refractivity contribution >= 4 is 23.3 Å². The molecule has 8 heteroatoms. The number of amides is 1. The highest BCUT2D eigenvalue weighted by Gasteiger charge is 2.30. The predicted molar refractivity (Wildman–Crippen MR) is 81.6 cm³/mol. The minimum absolute atomic E-state index is 0.00427. The minimum Gasteiger partial charge on any atom is -0.465 e. The second-order valence-electron chi connectivity index (χ2n) is 4.79. The molecule has 126 valence electrons. The zero-order valence-corrected chi connectivity index (χ0v) is 12.5. The van der Waals surface area contributed by atoms with Gasteiger partial charge in [0.2, 0.25) is 0 Å². The first-order valence-electron chi connectivity index (χ1n) is 6.69. The van der Waals surface area contributed by atoms with Crippen LogP contribution < -0.4 is 11.1 Å². The Kier molecular flexibility index (Phi) is 4.77. The SMILES string of the molecule is COC(=O)c1cccc(NC(=O)c2ccc(C(F)(F)F)cc2)c1N. The van der Waals surface area contributed by atoms with Gasteiger partial charge in [-0.05, 0) is 36.4 Å². The summed E-state index contributed by atoms with van der Waals surface area (Å²) in [6.07, 6.45) is -4.48. The number of hydrogen-bond donors (Lipinski definition) is 2. The van der Waals surface area contributed by atoms with E-state index in [1.807, 2.05) is 0 Å². The highest BCUT2D eigenvalue weighted by Crippen LogP contribution is 2.29. The third-order valence-electron chi connectivity index (χ3n) is 3.23. The fourth-order valence-electron chi connectivity index (χ4n) is 1.97. The minimum atomic E-state index is -4.48. The van der Waals surface area contributed by atoms with E-state index >= 15 is 0 Å². The molecule has 0 radical (unpaired) electrons. The molecule has 24 heavy (non-hydrogen) atoms. The highest BCUT2D eigenvalue weighted by atomic mass is 19.4. The molecule has 2 aromatic rings. The normalized spacial score (nSPS) is 11.0. The van der Waals surface area contributed by atoms with E-state index < -0.39 is 23.6 Å². The molecule has 0 fully saturated rings. The van der Waals surface area contributed by atoms with Crippen molar-refractivity contribution in [1.82, 2.24) is 0 Å².